The number of nitrogens with zero attached hydrogens (tertiary/aromatic N) is 2. The maximum atomic E-state index is 13.0. The summed E-state index contributed by atoms with van der Waals surface area (Å²) in [6, 6.07) is 2.10. The van der Waals surface area contributed by atoms with Crippen LogP contribution in [0.3, 0.4) is 0 Å². The number of hydrogen-bond donors (Lipinski definition) is 1. The number of rotatable bonds is 3. The Hall–Kier alpha value is -1.69. The highest BCUT2D eigenvalue weighted by molar-refractivity contribution is 7.14. The van der Waals surface area contributed by atoms with Crippen molar-refractivity contribution in [3.05, 3.63) is 33.1 Å². The van der Waals surface area contributed by atoms with Crippen LogP contribution in [0.15, 0.2) is 10.6 Å². The summed E-state index contributed by atoms with van der Waals surface area (Å²) in [5, 5.41) is 7.42. The second kappa shape index (κ2) is 6.56. The number of aryl methyl sites for hydroxylation is 2. The molecule has 25 heavy (non-hydrogen) atoms. The van der Waals surface area contributed by atoms with Crippen LogP contribution in [0.2, 0.25) is 0 Å². The van der Waals surface area contributed by atoms with Gasteiger partial charge < -0.3 is 9.84 Å². The van der Waals surface area contributed by atoms with Gasteiger partial charge in [0.2, 0.25) is 5.89 Å². The summed E-state index contributed by atoms with van der Waals surface area (Å²) in [5.74, 6) is 1.91. The van der Waals surface area contributed by atoms with Crippen molar-refractivity contribution in [3.8, 4) is 0 Å². The first-order valence-corrected chi connectivity index (χ1v) is 10.1. The number of carbonyl (C=O) groups is 1. The van der Waals surface area contributed by atoms with Crippen LogP contribution in [0, 0.1) is 12.8 Å². The zero-order valence-corrected chi connectivity index (χ0v) is 15.7. The Bertz CT molecular complexity index is 773. The summed E-state index contributed by atoms with van der Waals surface area (Å²) >= 11 is 1.66. The molecule has 134 valence electrons. The van der Waals surface area contributed by atoms with Gasteiger partial charge in [-0.1, -0.05) is 31.3 Å². The molecular weight excluding hydrogens is 334 g/mol. The Morgan fingerprint density at radius 1 is 1.36 bits per heavy atom. The third-order valence-corrected chi connectivity index (χ3v) is 6.80. The Labute approximate surface area is 152 Å². The lowest BCUT2D eigenvalue weighted by atomic mass is 9.81. The van der Waals surface area contributed by atoms with E-state index in [1.807, 2.05) is 0 Å². The van der Waals surface area contributed by atoms with Gasteiger partial charge in [0.05, 0.1) is 4.88 Å². The average Bonchev–Trinajstić information content (AvgIpc) is 3.22. The lowest BCUT2D eigenvalue weighted by Crippen LogP contribution is -2.47. The van der Waals surface area contributed by atoms with Crippen LogP contribution in [0.25, 0.3) is 0 Å². The zero-order chi connectivity index (χ0) is 17.4. The number of carbonyl (C=O) groups excluding carboxylic acids is 1. The summed E-state index contributed by atoms with van der Waals surface area (Å²) in [4.78, 5) is 19.7. The van der Waals surface area contributed by atoms with E-state index in [-0.39, 0.29) is 5.91 Å². The fourth-order valence-corrected chi connectivity index (χ4v) is 5.25. The third kappa shape index (κ3) is 3.24. The molecule has 6 heteroatoms. The summed E-state index contributed by atoms with van der Waals surface area (Å²) in [6.45, 7) is 4.08. The van der Waals surface area contributed by atoms with Crippen LogP contribution < -0.4 is 5.32 Å². The van der Waals surface area contributed by atoms with E-state index in [1.165, 1.54) is 23.3 Å². The van der Waals surface area contributed by atoms with Crippen molar-refractivity contribution in [2.75, 3.05) is 0 Å². The van der Waals surface area contributed by atoms with Gasteiger partial charge in [0.15, 0.2) is 5.82 Å². The molecule has 0 aliphatic heterocycles. The van der Waals surface area contributed by atoms with Gasteiger partial charge in [0.1, 0.15) is 5.54 Å². The number of hydrogen-bond acceptors (Lipinski definition) is 5. The van der Waals surface area contributed by atoms with Gasteiger partial charge in [-0.2, -0.15) is 4.98 Å². The molecule has 2 aromatic rings. The highest BCUT2D eigenvalue weighted by Gasteiger charge is 2.40. The van der Waals surface area contributed by atoms with E-state index in [9.17, 15) is 4.79 Å². The van der Waals surface area contributed by atoms with Crippen molar-refractivity contribution in [1.29, 1.82) is 0 Å². The van der Waals surface area contributed by atoms with Gasteiger partial charge >= 0.3 is 0 Å². The van der Waals surface area contributed by atoms with Crippen LogP contribution >= 0.6 is 11.3 Å². The predicted octanol–water partition coefficient (Wildman–Crippen LogP) is 4.15. The fourth-order valence-electron chi connectivity index (χ4n) is 4.15. The molecule has 0 saturated heterocycles. The first-order valence-electron chi connectivity index (χ1n) is 9.31. The van der Waals surface area contributed by atoms with E-state index < -0.39 is 5.54 Å². The number of fused-ring (bicyclic) bond motifs is 1. The monoisotopic (exact) mass is 359 g/mol. The normalized spacial score (nSPS) is 22.4. The lowest BCUT2D eigenvalue weighted by Gasteiger charge is -2.35. The van der Waals surface area contributed by atoms with Crippen molar-refractivity contribution in [2.45, 2.75) is 70.8 Å². The molecule has 1 N–H and O–H groups in total. The topological polar surface area (TPSA) is 68.0 Å². The maximum absolute atomic E-state index is 13.0. The van der Waals surface area contributed by atoms with Crippen molar-refractivity contribution < 1.29 is 9.32 Å². The SMILES string of the molecule is Cc1nc(C2(NC(=O)c3cc4c(s3)CCC(C)C4)CCCCC2)no1. The average molecular weight is 359 g/mol. The first kappa shape index (κ1) is 16.8. The van der Waals surface area contributed by atoms with Gasteiger partial charge in [-0.15, -0.1) is 11.3 Å². The molecule has 1 amide bonds. The van der Waals surface area contributed by atoms with Gasteiger partial charge in [0.25, 0.3) is 5.91 Å². The van der Waals surface area contributed by atoms with E-state index >= 15 is 0 Å². The molecule has 5 nitrogen and oxygen atoms in total. The Balaban J connectivity index is 1.59. The summed E-state index contributed by atoms with van der Waals surface area (Å²) in [7, 11) is 0. The minimum Gasteiger partial charge on any atom is -0.340 e. The van der Waals surface area contributed by atoms with Gasteiger partial charge in [-0.25, -0.2) is 0 Å². The molecule has 4 rings (SSSR count). The molecule has 1 atom stereocenters. The van der Waals surface area contributed by atoms with Crippen LogP contribution in [0.4, 0.5) is 0 Å². The van der Waals surface area contributed by atoms with Crippen LogP contribution in [-0.4, -0.2) is 16.0 Å². The Kier molecular flexibility index (Phi) is 4.40. The van der Waals surface area contributed by atoms with E-state index in [1.54, 1.807) is 18.3 Å². The summed E-state index contributed by atoms with van der Waals surface area (Å²) < 4.78 is 5.20. The van der Waals surface area contributed by atoms with Gasteiger partial charge in [-0.05, 0) is 49.7 Å². The summed E-state index contributed by atoms with van der Waals surface area (Å²) in [6.07, 6.45) is 8.51. The zero-order valence-electron chi connectivity index (χ0n) is 14.9. The number of amides is 1. The Morgan fingerprint density at radius 2 is 2.16 bits per heavy atom. The van der Waals surface area contributed by atoms with Crippen molar-refractivity contribution in [3.63, 3.8) is 0 Å². The van der Waals surface area contributed by atoms with Crippen molar-refractivity contribution in [1.82, 2.24) is 15.5 Å². The lowest BCUT2D eigenvalue weighted by molar-refractivity contribution is 0.0859. The maximum Gasteiger partial charge on any atom is 0.262 e. The molecule has 1 saturated carbocycles. The van der Waals surface area contributed by atoms with Crippen molar-refractivity contribution in [2.24, 2.45) is 5.92 Å². The minimum absolute atomic E-state index is 0.0106. The second-order valence-corrected chi connectivity index (χ2v) is 8.78. The molecule has 0 aromatic carbocycles. The van der Waals surface area contributed by atoms with E-state index in [0.29, 0.717) is 17.6 Å². The summed E-state index contributed by atoms with van der Waals surface area (Å²) in [5.41, 5.74) is 0.882. The van der Waals surface area contributed by atoms with Crippen LogP contribution in [0.1, 0.15) is 77.3 Å². The van der Waals surface area contributed by atoms with E-state index in [4.69, 9.17) is 4.52 Å². The fraction of sp³-hybridized carbons (Fsp3) is 0.632. The number of aromatic nitrogens is 2. The van der Waals surface area contributed by atoms with Crippen LogP contribution in [-0.2, 0) is 18.4 Å². The number of thiophene rings is 1. The first-order chi connectivity index (χ1) is 12.1. The predicted molar refractivity (Wildman–Crippen MR) is 96.8 cm³/mol. The smallest absolute Gasteiger partial charge is 0.262 e. The highest BCUT2D eigenvalue weighted by Crippen LogP contribution is 2.37. The third-order valence-electron chi connectivity index (χ3n) is 5.57. The second-order valence-electron chi connectivity index (χ2n) is 7.64. The van der Waals surface area contributed by atoms with E-state index in [2.05, 4.69) is 28.4 Å². The molecule has 2 aliphatic rings. The largest absolute Gasteiger partial charge is 0.340 e. The molecular formula is C19H25N3O2S. The molecule has 2 aromatic heterocycles. The molecule has 0 spiro atoms. The van der Waals surface area contributed by atoms with Crippen LogP contribution in [0.5, 0.6) is 0 Å². The minimum atomic E-state index is -0.481. The molecule has 2 aliphatic carbocycles. The number of nitrogens with one attached hydrogen (secondary N) is 1. The van der Waals surface area contributed by atoms with Crippen molar-refractivity contribution >= 4 is 17.2 Å². The standard InChI is InChI=1S/C19H25N3O2S/c1-12-6-7-15-14(10-12)11-16(25-15)17(23)21-19(8-4-3-5-9-19)18-20-13(2)24-22-18/h11-12H,3-10H2,1-2H3,(H,21,23). The molecule has 0 bridgehead atoms. The van der Waals surface area contributed by atoms with Gasteiger partial charge in [-0.3, -0.25) is 4.79 Å². The molecule has 1 unspecified atom stereocenters. The molecule has 1 fully saturated rings. The molecule has 2 heterocycles. The Morgan fingerprint density at radius 3 is 2.88 bits per heavy atom. The van der Waals surface area contributed by atoms with Gasteiger partial charge in [0, 0.05) is 11.8 Å². The molecule has 0 radical (unpaired) electrons. The quantitative estimate of drug-likeness (QED) is 0.894. The van der Waals surface area contributed by atoms with E-state index in [0.717, 1.165) is 43.4 Å². The highest BCUT2D eigenvalue weighted by atomic mass is 32.1.